The Morgan fingerprint density at radius 3 is 1.62 bits per heavy atom. The smallest absolute Gasteiger partial charge is 0.0758 e. The Kier molecular flexibility index (Phi) is 3.08. The molecule has 0 saturated heterocycles. The van der Waals surface area contributed by atoms with Gasteiger partial charge in [-0.25, -0.2) is 0 Å². The van der Waals surface area contributed by atoms with Crippen LogP contribution in [0.5, 0.6) is 0 Å². The molecule has 0 atom stereocenters. The van der Waals surface area contributed by atoms with E-state index in [2.05, 4.69) is 24.9 Å². The van der Waals surface area contributed by atoms with Crippen LogP contribution < -0.4 is 0 Å². The van der Waals surface area contributed by atoms with Crippen molar-refractivity contribution in [2.24, 2.45) is 0 Å². The minimum absolute atomic E-state index is 0.111. The molecule has 0 bridgehead atoms. The van der Waals surface area contributed by atoms with Crippen LogP contribution in [0.15, 0.2) is 0 Å². The molecule has 0 rings (SSSR count). The van der Waals surface area contributed by atoms with Gasteiger partial charge in [0.2, 0.25) is 0 Å². The Balaban J connectivity index is 3.81. The highest BCUT2D eigenvalue weighted by Crippen LogP contribution is 2.04. The highest BCUT2D eigenvalue weighted by Gasteiger charge is 2.05. The summed E-state index contributed by atoms with van der Waals surface area (Å²) in [5, 5.41) is 0. The van der Waals surface area contributed by atoms with Crippen molar-refractivity contribution in [3.8, 4) is 24.7 Å². The first-order valence-electron chi connectivity index (χ1n) is 2.44. The lowest BCUT2D eigenvalue weighted by molar-refractivity contribution is 1.45. The van der Waals surface area contributed by atoms with Gasteiger partial charge in [0.1, 0.15) is 0 Å². The van der Waals surface area contributed by atoms with Gasteiger partial charge in [0.25, 0.3) is 0 Å². The maximum atomic E-state index is 5.12. The van der Waals surface area contributed by atoms with Crippen molar-refractivity contribution in [3.63, 3.8) is 0 Å². The van der Waals surface area contributed by atoms with E-state index in [4.69, 9.17) is 12.8 Å². The van der Waals surface area contributed by atoms with Gasteiger partial charge in [0.15, 0.2) is 0 Å². The molecule has 0 heterocycles. The van der Waals surface area contributed by atoms with Gasteiger partial charge in [-0.1, -0.05) is 24.9 Å². The Morgan fingerprint density at radius 1 is 1.25 bits per heavy atom. The maximum absolute atomic E-state index is 5.12. The number of hydrogen-bond donors (Lipinski definition) is 0. The molecule has 1 heteroatoms. The third kappa shape index (κ3) is 1.86. The normalized spacial score (nSPS) is 8.75. The molecule has 0 spiro atoms. The van der Waals surface area contributed by atoms with Crippen LogP contribution in [0.3, 0.4) is 0 Å². The van der Waals surface area contributed by atoms with Gasteiger partial charge in [-0.2, -0.15) is 0 Å². The minimum Gasteiger partial charge on any atom is -0.119 e. The summed E-state index contributed by atoms with van der Waals surface area (Å²) in [5.74, 6) is 5.12. The van der Waals surface area contributed by atoms with E-state index in [-0.39, 0.29) is 5.54 Å². The van der Waals surface area contributed by atoms with Crippen LogP contribution in [0, 0.1) is 24.7 Å². The van der Waals surface area contributed by atoms with E-state index in [1.807, 2.05) is 0 Å². The zero-order chi connectivity index (χ0) is 6.57. The Hall–Kier alpha value is -0.663. The summed E-state index contributed by atoms with van der Waals surface area (Å²) in [6.45, 7) is 4.24. The summed E-state index contributed by atoms with van der Waals surface area (Å²) in [6.07, 6.45) is 10.2. The van der Waals surface area contributed by atoms with Gasteiger partial charge < -0.3 is 0 Å². The van der Waals surface area contributed by atoms with Gasteiger partial charge in [0.05, 0.1) is 14.3 Å². The number of hydrogen-bond acceptors (Lipinski definition) is 0. The molecule has 0 aromatic heterocycles. The van der Waals surface area contributed by atoms with Crippen LogP contribution in [0.1, 0.15) is 0 Å². The van der Waals surface area contributed by atoms with Gasteiger partial charge in [-0.05, 0) is 0 Å². The van der Waals surface area contributed by atoms with Crippen molar-refractivity contribution in [2.75, 3.05) is 0 Å². The van der Waals surface area contributed by atoms with Crippen LogP contribution in [-0.2, 0) is 0 Å². The second-order valence-corrected chi connectivity index (χ2v) is 4.58. The van der Waals surface area contributed by atoms with Crippen molar-refractivity contribution in [2.45, 2.75) is 18.6 Å². The molecule has 0 nitrogen and oxygen atoms in total. The molecule has 8 heavy (non-hydrogen) atoms. The fraction of sp³-hybridized carbons (Fsp3) is 0.429. The zero-order valence-electron chi connectivity index (χ0n) is 5.23. The molecular formula is C7H9Si. The van der Waals surface area contributed by atoms with Crippen molar-refractivity contribution in [1.29, 1.82) is 0 Å². The summed E-state index contributed by atoms with van der Waals surface area (Å²) in [4.78, 5) is 0. The molecule has 0 aliphatic rings. The summed E-state index contributed by atoms with van der Waals surface area (Å²) in [6, 6.07) is 0. The Bertz CT molecular complexity index is 119. The third-order valence-corrected chi connectivity index (χ3v) is 2.40. The summed E-state index contributed by atoms with van der Waals surface area (Å²) >= 11 is 0. The third-order valence-electron chi connectivity index (χ3n) is 0.911. The molecule has 0 saturated carbocycles. The first-order valence-corrected chi connectivity index (χ1v) is 5.02. The maximum Gasteiger partial charge on any atom is 0.0758 e. The molecule has 0 fully saturated rings. The van der Waals surface area contributed by atoms with Crippen LogP contribution in [0.2, 0.25) is 18.6 Å². The van der Waals surface area contributed by atoms with E-state index in [9.17, 15) is 0 Å². The van der Waals surface area contributed by atoms with Crippen LogP contribution in [-0.4, -0.2) is 8.80 Å². The van der Waals surface area contributed by atoms with Crippen LogP contribution >= 0.6 is 0 Å². The Morgan fingerprint density at radius 2 is 1.62 bits per heavy atom. The minimum atomic E-state index is -0.447. The number of rotatable bonds is 1. The molecule has 1 radical (unpaired) electrons. The topological polar surface area (TPSA) is 0 Å². The zero-order valence-corrected chi connectivity index (χ0v) is 6.23. The van der Waals surface area contributed by atoms with Crippen molar-refractivity contribution >= 4 is 8.80 Å². The summed E-state index contributed by atoms with van der Waals surface area (Å²) in [5.41, 5.74) is 0.111. The highest BCUT2D eigenvalue weighted by molar-refractivity contribution is 6.59. The second-order valence-electron chi connectivity index (χ2n) is 1.84. The summed E-state index contributed by atoms with van der Waals surface area (Å²) in [7, 11) is -0.447. The largest absolute Gasteiger partial charge is 0.119 e. The standard InChI is InChI=1S/C7H9Si/c1-5-7(6-2)8(3)4/h1-2,7H,3-4H3. The monoisotopic (exact) mass is 121 g/mol. The molecule has 0 amide bonds. The summed E-state index contributed by atoms with van der Waals surface area (Å²) < 4.78 is 0. The highest BCUT2D eigenvalue weighted by atomic mass is 28.3. The van der Waals surface area contributed by atoms with E-state index < -0.39 is 8.80 Å². The quantitative estimate of drug-likeness (QED) is 0.363. The molecular weight excluding hydrogens is 112 g/mol. The first kappa shape index (κ1) is 7.34. The molecule has 0 aromatic rings. The van der Waals surface area contributed by atoms with Gasteiger partial charge in [0, 0.05) is 0 Å². The molecule has 0 unspecified atom stereocenters. The van der Waals surface area contributed by atoms with Crippen LogP contribution in [0.25, 0.3) is 0 Å². The Labute approximate surface area is 52.9 Å². The van der Waals surface area contributed by atoms with E-state index in [1.165, 1.54) is 0 Å². The predicted octanol–water partition coefficient (Wildman–Crippen LogP) is 1.38. The predicted molar refractivity (Wildman–Crippen MR) is 38.9 cm³/mol. The molecule has 0 aliphatic carbocycles. The van der Waals surface area contributed by atoms with E-state index in [0.717, 1.165) is 0 Å². The lowest BCUT2D eigenvalue weighted by Crippen LogP contribution is -2.07. The van der Waals surface area contributed by atoms with Crippen LogP contribution in [0.4, 0.5) is 0 Å². The van der Waals surface area contributed by atoms with Gasteiger partial charge in [-0.3, -0.25) is 0 Å². The van der Waals surface area contributed by atoms with E-state index >= 15 is 0 Å². The van der Waals surface area contributed by atoms with E-state index in [1.54, 1.807) is 0 Å². The van der Waals surface area contributed by atoms with Crippen molar-refractivity contribution < 1.29 is 0 Å². The second kappa shape index (κ2) is 3.35. The lowest BCUT2D eigenvalue weighted by atomic mass is 10.5. The fourth-order valence-electron chi connectivity index (χ4n) is 0.381. The lowest BCUT2D eigenvalue weighted by Gasteiger charge is -2.01. The average Bonchev–Trinajstić information content (AvgIpc) is 1.69. The molecule has 0 aromatic carbocycles. The SMILES string of the molecule is C#CC(C#C)[Si](C)C. The van der Waals surface area contributed by atoms with Crippen molar-refractivity contribution in [1.82, 2.24) is 0 Å². The van der Waals surface area contributed by atoms with Crippen molar-refractivity contribution in [3.05, 3.63) is 0 Å². The molecule has 0 N–H and O–H groups in total. The van der Waals surface area contributed by atoms with E-state index in [0.29, 0.717) is 0 Å². The number of terminal acetylenes is 2. The van der Waals surface area contributed by atoms with Gasteiger partial charge >= 0.3 is 0 Å². The fourth-order valence-corrected chi connectivity index (χ4v) is 1.05. The molecule has 0 aliphatic heterocycles. The van der Waals surface area contributed by atoms with Gasteiger partial charge in [-0.15, -0.1) is 12.8 Å². The molecule has 41 valence electrons. The first-order chi connectivity index (χ1) is 3.72. The average molecular weight is 121 g/mol.